The van der Waals surface area contributed by atoms with E-state index in [1.165, 1.54) is 23.9 Å². The maximum Gasteiger partial charge on any atom is 0.269 e. The Morgan fingerprint density at radius 3 is 2.25 bits per heavy atom. The molecule has 0 heterocycles. The van der Waals surface area contributed by atoms with Gasteiger partial charge in [-0.1, -0.05) is 42.8 Å². The van der Waals surface area contributed by atoms with E-state index in [0.717, 1.165) is 17.5 Å². The lowest BCUT2D eigenvalue weighted by Crippen LogP contribution is -2.50. The van der Waals surface area contributed by atoms with Crippen molar-refractivity contribution in [3.05, 3.63) is 74.8 Å². The van der Waals surface area contributed by atoms with Gasteiger partial charge in [-0.05, 0) is 43.5 Å². The second kappa shape index (κ2) is 12.5. The largest absolute Gasteiger partial charge is 0.352 e. The third kappa shape index (κ3) is 7.84. The summed E-state index contributed by atoms with van der Waals surface area (Å²) in [6, 6.07) is 12.8. The number of carbonyl (C=O) groups excluding carboxylic acids is 2. The Bertz CT molecular complexity index is 922. The minimum Gasteiger partial charge on any atom is -0.352 e. The molecule has 0 aromatic heterocycles. The quantitative estimate of drug-likeness (QED) is 0.370. The molecule has 32 heavy (non-hydrogen) atoms. The van der Waals surface area contributed by atoms with Crippen LogP contribution < -0.4 is 5.32 Å². The van der Waals surface area contributed by atoms with Crippen LogP contribution in [0, 0.1) is 10.1 Å². The van der Waals surface area contributed by atoms with Crippen LogP contribution in [-0.4, -0.2) is 39.5 Å². The average Bonchev–Trinajstić information content (AvgIpc) is 2.78. The Hall–Kier alpha value is -2.58. The summed E-state index contributed by atoms with van der Waals surface area (Å²) in [6.07, 6.45) is 0.800. The molecule has 2 amide bonds. The van der Waals surface area contributed by atoms with E-state index in [4.69, 9.17) is 11.6 Å². The van der Waals surface area contributed by atoms with Crippen LogP contribution in [0.3, 0.4) is 0 Å². The molecular formula is C23H28ClN3O4S. The molecule has 2 aromatic rings. The zero-order valence-electron chi connectivity index (χ0n) is 18.4. The molecule has 0 spiro atoms. The van der Waals surface area contributed by atoms with E-state index in [-0.39, 0.29) is 29.3 Å². The lowest BCUT2D eigenvalue weighted by atomic mass is 10.1. The van der Waals surface area contributed by atoms with Crippen LogP contribution in [0.4, 0.5) is 5.69 Å². The molecule has 0 unspecified atom stereocenters. The monoisotopic (exact) mass is 477 g/mol. The average molecular weight is 478 g/mol. The van der Waals surface area contributed by atoms with Gasteiger partial charge in [-0.15, -0.1) is 11.8 Å². The summed E-state index contributed by atoms with van der Waals surface area (Å²) >= 11 is 7.37. The third-order valence-corrected chi connectivity index (χ3v) is 6.32. The number of nitrogens with zero attached hydrogens (tertiary/aromatic N) is 2. The molecule has 0 saturated carbocycles. The summed E-state index contributed by atoms with van der Waals surface area (Å²) < 4.78 is 0. The van der Waals surface area contributed by atoms with Gasteiger partial charge in [0.1, 0.15) is 6.04 Å². The van der Waals surface area contributed by atoms with Gasteiger partial charge in [0.2, 0.25) is 11.8 Å². The predicted molar refractivity (Wildman–Crippen MR) is 129 cm³/mol. The van der Waals surface area contributed by atoms with E-state index in [9.17, 15) is 19.7 Å². The third-order valence-electron chi connectivity index (χ3n) is 5.08. The van der Waals surface area contributed by atoms with Crippen molar-refractivity contribution >= 4 is 40.9 Å². The Morgan fingerprint density at radius 1 is 1.09 bits per heavy atom. The number of hydrogen-bond donors (Lipinski definition) is 1. The highest BCUT2D eigenvalue weighted by Gasteiger charge is 2.26. The smallest absolute Gasteiger partial charge is 0.269 e. The fourth-order valence-electron chi connectivity index (χ4n) is 2.89. The van der Waals surface area contributed by atoms with Gasteiger partial charge >= 0.3 is 0 Å². The lowest BCUT2D eigenvalue weighted by molar-refractivity contribution is -0.384. The van der Waals surface area contributed by atoms with Gasteiger partial charge in [0.25, 0.3) is 5.69 Å². The van der Waals surface area contributed by atoms with Crippen LogP contribution >= 0.6 is 23.4 Å². The van der Waals surface area contributed by atoms with Crippen LogP contribution in [-0.2, 0) is 21.9 Å². The van der Waals surface area contributed by atoms with Gasteiger partial charge in [-0.3, -0.25) is 19.7 Å². The summed E-state index contributed by atoms with van der Waals surface area (Å²) in [4.78, 5) is 37.7. The Labute approximate surface area is 197 Å². The van der Waals surface area contributed by atoms with E-state index in [1.54, 1.807) is 36.1 Å². The van der Waals surface area contributed by atoms with Crippen LogP contribution in [0.2, 0.25) is 5.02 Å². The highest BCUT2D eigenvalue weighted by molar-refractivity contribution is 7.99. The standard InChI is InChI=1S/C23H28ClN3O4S/c1-4-16(2)25-23(29)17(3)26(13-18-5-9-20(24)10-6-18)22(28)15-32-14-19-7-11-21(12-8-19)27(30)31/h5-12,16-17H,4,13-15H2,1-3H3,(H,25,29)/t16-,17+/m1/s1. The van der Waals surface area contributed by atoms with Crippen LogP contribution in [0.25, 0.3) is 0 Å². The Balaban J connectivity index is 2.05. The van der Waals surface area contributed by atoms with Crippen LogP contribution in [0.1, 0.15) is 38.3 Å². The maximum absolute atomic E-state index is 13.1. The molecule has 0 fully saturated rings. The topological polar surface area (TPSA) is 92.6 Å². The first-order valence-corrected chi connectivity index (χ1v) is 11.9. The van der Waals surface area contributed by atoms with Crippen molar-refractivity contribution in [2.75, 3.05) is 5.75 Å². The molecule has 0 aliphatic heterocycles. The van der Waals surface area contributed by atoms with Gasteiger partial charge < -0.3 is 10.2 Å². The van der Waals surface area contributed by atoms with Crippen molar-refractivity contribution in [1.82, 2.24) is 10.2 Å². The number of hydrogen-bond acceptors (Lipinski definition) is 5. The Morgan fingerprint density at radius 2 is 1.69 bits per heavy atom. The highest BCUT2D eigenvalue weighted by atomic mass is 35.5. The fourth-order valence-corrected chi connectivity index (χ4v) is 3.88. The summed E-state index contributed by atoms with van der Waals surface area (Å²) in [5, 5.41) is 14.3. The number of thioether (sulfide) groups is 1. The van der Waals surface area contributed by atoms with E-state index < -0.39 is 11.0 Å². The molecule has 9 heteroatoms. The number of rotatable bonds is 11. The number of carbonyl (C=O) groups is 2. The number of nitro groups is 1. The molecule has 7 nitrogen and oxygen atoms in total. The zero-order valence-corrected chi connectivity index (χ0v) is 20.0. The molecule has 2 rings (SSSR count). The van der Waals surface area contributed by atoms with E-state index in [2.05, 4.69) is 5.32 Å². The van der Waals surface area contributed by atoms with Crippen molar-refractivity contribution in [2.45, 2.75) is 51.6 Å². The molecular weight excluding hydrogens is 450 g/mol. The van der Waals surface area contributed by atoms with Gasteiger partial charge in [-0.25, -0.2) is 0 Å². The summed E-state index contributed by atoms with van der Waals surface area (Å²) in [5.74, 6) is 0.373. The first-order chi connectivity index (χ1) is 15.2. The minimum absolute atomic E-state index is 0.0222. The van der Waals surface area contributed by atoms with E-state index in [1.807, 2.05) is 26.0 Å². The van der Waals surface area contributed by atoms with Crippen molar-refractivity contribution in [1.29, 1.82) is 0 Å². The summed E-state index contributed by atoms with van der Waals surface area (Å²) in [7, 11) is 0. The van der Waals surface area contributed by atoms with Crippen molar-refractivity contribution in [3.63, 3.8) is 0 Å². The normalized spacial score (nSPS) is 12.6. The minimum atomic E-state index is -0.632. The first-order valence-electron chi connectivity index (χ1n) is 10.4. The molecule has 0 saturated heterocycles. The number of nitrogens with one attached hydrogen (secondary N) is 1. The molecule has 0 bridgehead atoms. The summed E-state index contributed by atoms with van der Waals surface area (Å²) in [5.41, 5.74) is 1.80. The summed E-state index contributed by atoms with van der Waals surface area (Å²) in [6.45, 7) is 5.94. The maximum atomic E-state index is 13.1. The number of amides is 2. The van der Waals surface area contributed by atoms with Gasteiger partial charge in [0, 0.05) is 35.5 Å². The first kappa shape index (κ1) is 25.7. The highest BCUT2D eigenvalue weighted by Crippen LogP contribution is 2.19. The van der Waals surface area contributed by atoms with Gasteiger partial charge in [-0.2, -0.15) is 0 Å². The Kier molecular flexibility index (Phi) is 9.99. The van der Waals surface area contributed by atoms with Gasteiger partial charge in [0.15, 0.2) is 0 Å². The van der Waals surface area contributed by atoms with E-state index >= 15 is 0 Å². The molecule has 172 valence electrons. The zero-order chi connectivity index (χ0) is 23.7. The molecule has 0 radical (unpaired) electrons. The molecule has 0 aliphatic carbocycles. The number of nitro benzene ring substituents is 1. The number of halogens is 1. The predicted octanol–water partition coefficient (Wildman–Crippen LogP) is 4.81. The van der Waals surface area contributed by atoms with Crippen molar-refractivity contribution in [2.24, 2.45) is 0 Å². The second-order valence-corrected chi connectivity index (χ2v) is 8.98. The number of non-ortho nitro benzene ring substituents is 1. The fraction of sp³-hybridized carbons (Fsp3) is 0.391. The number of benzene rings is 2. The molecule has 1 N–H and O–H groups in total. The molecule has 0 aliphatic rings. The van der Waals surface area contributed by atoms with Crippen LogP contribution in [0.15, 0.2) is 48.5 Å². The van der Waals surface area contributed by atoms with Crippen molar-refractivity contribution < 1.29 is 14.5 Å². The van der Waals surface area contributed by atoms with Crippen LogP contribution in [0.5, 0.6) is 0 Å². The molecule has 2 atom stereocenters. The lowest BCUT2D eigenvalue weighted by Gasteiger charge is -2.29. The van der Waals surface area contributed by atoms with Crippen molar-refractivity contribution in [3.8, 4) is 0 Å². The van der Waals surface area contributed by atoms with E-state index in [0.29, 0.717) is 17.3 Å². The molecule has 2 aromatic carbocycles. The second-order valence-electron chi connectivity index (χ2n) is 7.56. The SMILES string of the molecule is CC[C@@H](C)NC(=O)[C@H](C)N(Cc1ccc(Cl)cc1)C(=O)CSCc1ccc([N+](=O)[O-])cc1. The van der Waals surface area contributed by atoms with Gasteiger partial charge in [0.05, 0.1) is 10.7 Å².